The highest BCUT2D eigenvalue weighted by Gasteiger charge is 2.45. The molecule has 1 aliphatic heterocycles. The second kappa shape index (κ2) is 3.50. The first-order valence-corrected chi connectivity index (χ1v) is 5.58. The molecule has 0 aromatic carbocycles. The Morgan fingerprint density at radius 3 is 2.71 bits per heavy atom. The summed E-state index contributed by atoms with van der Waals surface area (Å²) in [6, 6.07) is 0. The average molecular weight is 212 g/mol. The van der Waals surface area contributed by atoms with Crippen molar-refractivity contribution >= 4 is 23.1 Å². The molecule has 1 amide bonds. The Kier molecular flexibility index (Phi) is 2.47. The Bertz CT molecular complexity index is 273. The number of carbonyl (C=O) groups is 1. The standard InChI is InChI=1S/C10H16N2OS/c11-8(14)6-10(3-4-10)7-12-5-1-2-9(12)13/h1-7H2,(H2,11,14). The number of likely N-dealkylation sites (tertiary alicyclic amines) is 1. The lowest BCUT2D eigenvalue weighted by Crippen LogP contribution is -2.33. The first-order valence-electron chi connectivity index (χ1n) is 5.17. The van der Waals surface area contributed by atoms with E-state index in [1.165, 1.54) is 12.8 Å². The smallest absolute Gasteiger partial charge is 0.222 e. The highest BCUT2D eigenvalue weighted by molar-refractivity contribution is 7.80. The Labute approximate surface area is 89.6 Å². The predicted octanol–water partition coefficient (Wildman–Crippen LogP) is 1.07. The number of rotatable bonds is 4. The van der Waals surface area contributed by atoms with Gasteiger partial charge in [0.2, 0.25) is 5.91 Å². The molecule has 2 N–H and O–H groups in total. The van der Waals surface area contributed by atoms with Crippen molar-refractivity contribution in [1.82, 2.24) is 4.90 Å². The third-order valence-electron chi connectivity index (χ3n) is 3.20. The summed E-state index contributed by atoms with van der Waals surface area (Å²) < 4.78 is 0. The SMILES string of the molecule is NC(=S)CC1(CN2CCCC2=O)CC1. The van der Waals surface area contributed by atoms with Gasteiger partial charge in [-0.3, -0.25) is 4.79 Å². The number of thiocarbonyl (C=S) groups is 1. The zero-order valence-corrected chi connectivity index (χ0v) is 9.11. The van der Waals surface area contributed by atoms with Crippen LogP contribution in [0.2, 0.25) is 0 Å². The second-order valence-corrected chi connectivity index (χ2v) is 5.09. The van der Waals surface area contributed by atoms with Crippen molar-refractivity contribution in [2.45, 2.75) is 32.1 Å². The van der Waals surface area contributed by atoms with Gasteiger partial charge in [-0.15, -0.1) is 0 Å². The van der Waals surface area contributed by atoms with Crippen LogP contribution in [-0.4, -0.2) is 28.9 Å². The highest BCUT2D eigenvalue weighted by Crippen LogP contribution is 2.49. The Morgan fingerprint density at radius 2 is 2.29 bits per heavy atom. The van der Waals surface area contributed by atoms with Gasteiger partial charge in [-0.1, -0.05) is 12.2 Å². The summed E-state index contributed by atoms with van der Waals surface area (Å²) in [4.78, 5) is 14.0. The van der Waals surface area contributed by atoms with Crippen LogP contribution in [-0.2, 0) is 4.79 Å². The van der Waals surface area contributed by atoms with E-state index >= 15 is 0 Å². The van der Waals surface area contributed by atoms with Crippen LogP contribution in [0.15, 0.2) is 0 Å². The molecule has 1 heterocycles. The van der Waals surface area contributed by atoms with Gasteiger partial charge in [-0.05, 0) is 24.7 Å². The van der Waals surface area contributed by atoms with E-state index in [1.807, 2.05) is 4.90 Å². The molecule has 0 unspecified atom stereocenters. The van der Waals surface area contributed by atoms with Gasteiger partial charge in [-0.25, -0.2) is 0 Å². The molecule has 1 saturated heterocycles. The van der Waals surface area contributed by atoms with Crippen molar-refractivity contribution in [2.75, 3.05) is 13.1 Å². The maximum Gasteiger partial charge on any atom is 0.222 e. The van der Waals surface area contributed by atoms with Crippen molar-refractivity contribution < 1.29 is 4.79 Å². The average Bonchev–Trinajstić information content (AvgIpc) is 2.70. The molecule has 2 fully saturated rings. The van der Waals surface area contributed by atoms with Gasteiger partial charge in [0.15, 0.2) is 0 Å². The fourth-order valence-corrected chi connectivity index (χ4v) is 2.52. The van der Waals surface area contributed by atoms with Crippen LogP contribution in [0.5, 0.6) is 0 Å². The van der Waals surface area contributed by atoms with E-state index in [2.05, 4.69) is 0 Å². The fourth-order valence-electron chi connectivity index (χ4n) is 2.21. The van der Waals surface area contributed by atoms with Gasteiger partial charge in [0, 0.05) is 25.9 Å². The molecule has 1 aliphatic carbocycles. The normalized spacial score (nSPS) is 24.0. The van der Waals surface area contributed by atoms with E-state index in [0.29, 0.717) is 10.9 Å². The van der Waals surface area contributed by atoms with Crippen LogP contribution in [0.1, 0.15) is 32.1 Å². The molecule has 2 aliphatic rings. The van der Waals surface area contributed by atoms with E-state index in [0.717, 1.165) is 32.4 Å². The third kappa shape index (κ3) is 2.05. The minimum atomic E-state index is 0.256. The summed E-state index contributed by atoms with van der Waals surface area (Å²) in [5.41, 5.74) is 5.81. The summed E-state index contributed by atoms with van der Waals surface area (Å²) in [5.74, 6) is 0.305. The molecule has 1 saturated carbocycles. The molecule has 14 heavy (non-hydrogen) atoms. The first-order chi connectivity index (χ1) is 6.61. The monoisotopic (exact) mass is 212 g/mol. The summed E-state index contributed by atoms with van der Waals surface area (Å²) in [6.45, 7) is 1.81. The predicted molar refractivity (Wildman–Crippen MR) is 58.9 cm³/mol. The summed E-state index contributed by atoms with van der Waals surface area (Å²) >= 11 is 4.93. The number of nitrogens with two attached hydrogens (primary N) is 1. The Morgan fingerprint density at radius 1 is 1.57 bits per heavy atom. The van der Waals surface area contributed by atoms with Gasteiger partial charge in [0.1, 0.15) is 0 Å². The maximum absolute atomic E-state index is 11.4. The molecule has 0 bridgehead atoms. The lowest BCUT2D eigenvalue weighted by atomic mass is 10.0. The lowest BCUT2D eigenvalue weighted by Gasteiger charge is -2.22. The van der Waals surface area contributed by atoms with Crippen LogP contribution in [0.25, 0.3) is 0 Å². The van der Waals surface area contributed by atoms with Crippen LogP contribution in [0, 0.1) is 5.41 Å². The molecule has 4 heteroatoms. The van der Waals surface area contributed by atoms with E-state index < -0.39 is 0 Å². The van der Waals surface area contributed by atoms with Gasteiger partial charge in [0.25, 0.3) is 0 Å². The minimum Gasteiger partial charge on any atom is -0.393 e. The molecular formula is C10H16N2OS. The summed E-state index contributed by atoms with van der Waals surface area (Å²) in [7, 11) is 0. The lowest BCUT2D eigenvalue weighted by molar-refractivity contribution is -0.128. The molecule has 0 aromatic heterocycles. The van der Waals surface area contributed by atoms with Gasteiger partial charge < -0.3 is 10.6 Å². The van der Waals surface area contributed by atoms with Crippen LogP contribution >= 0.6 is 12.2 Å². The molecule has 0 aromatic rings. The van der Waals surface area contributed by atoms with Crippen LogP contribution in [0.3, 0.4) is 0 Å². The minimum absolute atomic E-state index is 0.256. The number of amides is 1. The van der Waals surface area contributed by atoms with E-state index in [-0.39, 0.29) is 5.41 Å². The summed E-state index contributed by atoms with van der Waals surface area (Å²) in [6.07, 6.45) is 4.90. The molecule has 2 rings (SSSR count). The topological polar surface area (TPSA) is 46.3 Å². The van der Waals surface area contributed by atoms with Crippen molar-refractivity contribution in [3.05, 3.63) is 0 Å². The van der Waals surface area contributed by atoms with E-state index in [9.17, 15) is 4.79 Å². The molecule has 3 nitrogen and oxygen atoms in total. The zero-order valence-electron chi connectivity index (χ0n) is 8.29. The third-order valence-corrected chi connectivity index (χ3v) is 3.35. The maximum atomic E-state index is 11.4. The number of hydrogen-bond acceptors (Lipinski definition) is 2. The van der Waals surface area contributed by atoms with Crippen molar-refractivity contribution in [3.8, 4) is 0 Å². The Hall–Kier alpha value is -0.640. The van der Waals surface area contributed by atoms with E-state index in [4.69, 9.17) is 18.0 Å². The zero-order chi connectivity index (χ0) is 10.2. The van der Waals surface area contributed by atoms with Crippen LogP contribution < -0.4 is 5.73 Å². The van der Waals surface area contributed by atoms with Crippen LogP contribution in [0.4, 0.5) is 0 Å². The molecule has 0 radical (unpaired) electrons. The molecular weight excluding hydrogens is 196 g/mol. The molecule has 78 valence electrons. The van der Waals surface area contributed by atoms with Crippen molar-refractivity contribution in [3.63, 3.8) is 0 Å². The molecule has 0 spiro atoms. The summed E-state index contributed by atoms with van der Waals surface area (Å²) in [5, 5.41) is 0. The molecule has 0 atom stereocenters. The van der Waals surface area contributed by atoms with Crippen molar-refractivity contribution in [1.29, 1.82) is 0 Å². The van der Waals surface area contributed by atoms with E-state index in [1.54, 1.807) is 0 Å². The Balaban J connectivity index is 1.90. The quantitative estimate of drug-likeness (QED) is 0.709. The number of hydrogen-bond donors (Lipinski definition) is 1. The van der Waals surface area contributed by atoms with Gasteiger partial charge in [-0.2, -0.15) is 0 Å². The largest absolute Gasteiger partial charge is 0.393 e. The number of nitrogens with zero attached hydrogens (tertiary/aromatic N) is 1. The van der Waals surface area contributed by atoms with Gasteiger partial charge >= 0.3 is 0 Å². The van der Waals surface area contributed by atoms with Gasteiger partial charge in [0.05, 0.1) is 4.99 Å². The van der Waals surface area contributed by atoms with Crippen molar-refractivity contribution in [2.24, 2.45) is 11.1 Å². The highest BCUT2D eigenvalue weighted by atomic mass is 32.1. The first kappa shape index (κ1) is 9.90. The second-order valence-electron chi connectivity index (χ2n) is 4.56. The number of carbonyl (C=O) groups excluding carboxylic acids is 1. The fraction of sp³-hybridized carbons (Fsp3) is 0.800.